The monoisotopic (exact) mass is 270 g/mol. The van der Waals surface area contributed by atoms with Gasteiger partial charge in [0, 0.05) is 18.7 Å². The number of piperidine rings is 1. The molecule has 0 aliphatic carbocycles. The molecule has 0 saturated carbocycles. The number of rotatable bonds is 2. The second kappa shape index (κ2) is 6.00. The van der Waals surface area contributed by atoms with Crippen LogP contribution in [0.3, 0.4) is 0 Å². The minimum absolute atomic E-state index is 0. The maximum absolute atomic E-state index is 13.6. The van der Waals surface area contributed by atoms with Gasteiger partial charge in [0.2, 0.25) is 0 Å². The number of benzene rings is 1. The van der Waals surface area contributed by atoms with E-state index in [4.69, 9.17) is 0 Å². The molecule has 2 nitrogen and oxygen atoms in total. The van der Waals surface area contributed by atoms with Crippen LogP contribution in [0.25, 0.3) is 0 Å². The zero-order chi connectivity index (χ0) is 11.7. The van der Waals surface area contributed by atoms with Crippen LogP contribution in [0.1, 0.15) is 12.0 Å². The van der Waals surface area contributed by atoms with E-state index < -0.39 is 0 Å². The third-order valence-corrected chi connectivity index (χ3v) is 4.14. The highest BCUT2D eigenvalue weighted by atomic mass is 35.5. The van der Waals surface area contributed by atoms with Crippen molar-refractivity contribution in [3.05, 3.63) is 35.6 Å². The fourth-order valence-corrected chi connectivity index (χ4v) is 3.12. The number of hydrogen-bond donors (Lipinski definition) is 1. The predicted molar refractivity (Wildman–Crippen MR) is 73.4 cm³/mol. The number of hydrogen-bond acceptors (Lipinski definition) is 2. The topological polar surface area (TPSA) is 15.3 Å². The van der Waals surface area contributed by atoms with Gasteiger partial charge in [-0.15, -0.1) is 12.4 Å². The van der Waals surface area contributed by atoms with Gasteiger partial charge in [-0.1, -0.05) is 18.2 Å². The average Bonchev–Trinajstić information content (AvgIpc) is 2.79. The van der Waals surface area contributed by atoms with Gasteiger partial charge in [0.25, 0.3) is 0 Å². The normalized spacial score (nSPS) is 27.6. The highest BCUT2D eigenvalue weighted by Crippen LogP contribution is 2.27. The van der Waals surface area contributed by atoms with Gasteiger partial charge in [0.05, 0.1) is 0 Å². The number of fused-ring (bicyclic) bond motifs is 1. The van der Waals surface area contributed by atoms with Crippen LogP contribution in [0.15, 0.2) is 24.3 Å². The molecule has 0 radical (unpaired) electrons. The maximum atomic E-state index is 13.6. The van der Waals surface area contributed by atoms with Crippen molar-refractivity contribution in [1.82, 2.24) is 10.2 Å². The van der Waals surface area contributed by atoms with Crippen LogP contribution >= 0.6 is 12.4 Å². The lowest BCUT2D eigenvalue weighted by molar-refractivity contribution is 0.141. The molecule has 2 aliphatic heterocycles. The van der Waals surface area contributed by atoms with Gasteiger partial charge in [-0.3, -0.25) is 4.90 Å². The van der Waals surface area contributed by atoms with Crippen molar-refractivity contribution >= 4 is 12.4 Å². The van der Waals surface area contributed by atoms with E-state index >= 15 is 0 Å². The number of halogens is 2. The van der Waals surface area contributed by atoms with Crippen LogP contribution < -0.4 is 5.32 Å². The van der Waals surface area contributed by atoms with Gasteiger partial charge in [-0.25, -0.2) is 4.39 Å². The maximum Gasteiger partial charge on any atom is 0.127 e. The molecule has 1 N–H and O–H groups in total. The third kappa shape index (κ3) is 2.85. The fourth-order valence-electron chi connectivity index (χ4n) is 3.12. The van der Waals surface area contributed by atoms with Crippen molar-refractivity contribution in [3.8, 4) is 0 Å². The molecule has 2 fully saturated rings. The molecule has 2 heterocycles. The van der Waals surface area contributed by atoms with E-state index in [1.165, 1.54) is 13.0 Å². The van der Waals surface area contributed by atoms with Crippen molar-refractivity contribution < 1.29 is 4.39 Å². The van der Waals surface area contributed by atoms with Crippen molar-refractivity contribution in [1.29, 1.82) is 0 Å². The van der Waals surface area contributed by atoms with E-state index in [1.54, 1.807) is 12.1 Å². The molecule has 1 aromatic carbocycles. The minimum atomic E-state index is -0.0702. The molecular weight excluding hydrogens is 251 g/mol. The Morgan fingerprint density at radius 3 is 2.83 bits per heavy atom. The molecule has 1 aromatic rings. The summed E-state index contributed by atoms with van der Waals surface area (Å²) in [5.41, 5.74) is 0.830. The Hall–Kier alpha value is -0.640. The smallest absolute Gasteiger partial charge is 0.127 e. The first-order valence-electron chi connectivity index (χ1n) is 6.49. The first-order chi connectivity index (χ1) is 8.33. The Kier molecular flexibility index (Phi) is 4.60. The van der Waals surface area contributed by atoms with Crippen LogP contribution in [0.4, 0.5) is 4.39 Å². The largest absolute Gasteiger partial charge is 0.316 e. The lowest BCUT2D eigenvalue weighted by Crippen LogP contribution is -2.39. The van der Waals surface area contributed by atoms with Crippen molar-refractivity contribution in [2.75, 3.05) is 26.2 Å². The van der Waals surface area contributed by atoms with E-state index in [9.17, 15) is 4.39 Å². The van der Waals surface area contributed by atoms with Gasteiger partial charge in [0.15, 0.2) is 0 Å². The standard InChI is InChI=1S/C14H19FN2.ClH/c15-14-4-2-1-3-12(14)9-17-6-5-11-7-16-8-13(11)10-17;/h1-4,11,13,16H,5-10H2;1H. The summed E-state index contributed by atoms with van der Waals surface area (Å²) in [6.07, 6.45) is 1.26. The molecule has 2 atom stereocenters. The highest BCUT2D eigenvalue weighted by Gasteiger charge is 2.32. The van der Waals surface area contributed by atoms with Crippen LogP contribution in [0.2, 0.25) is 0 Å². The molecule has 3 rings (SSSR count). The Morgan fingerprint density at radius 2 is 2.00 bits per heavy atom. The Labute approximate surface area is 114 Å². The molecular formula is C14H20ClFN2. The molecule has 2 aliphatic rings. The summed E-state index contributed by atoms with van der Waals surface area (Å²) < 4.78 is 13.6. The zero-order valence-electron chi connectivity index (χ0n) is 10.4. The zero-order valence-corrected chi connectivity index (χ0v) is 11.3. The molecule has 100 valence electrons. The average molecular weight is 271 g/mol. The first-order valence-corrected chi connectivity index (χ1v) is 6.49. The van der Waals surface area contributed by atoms with E-state index in [1.807, 2.05) is 12.1 Å². The number of likely N-dealkylation sites (tertiary alicyclic amines) is 1. The van der Waals surface area contributed by atoms with Gasteiger partial charge in [-0.2, -0.15) is 0 Å². The van der Waals surface area contributed by atoms with Crippen molar-refractivity contribution in [3.63, 3.8) is 0 Å². The molecule has 0 aromatic heterocycles. The molecule has 0 amide bonds. The highest BCUT2D eigenvalue weighted by molar-refractivity contribution is 5.85. The Bertz CT molecular complexity index is 399. The molecule has 2 saturated heterocycles. The van der Waals surface area contributed by atoms with E-state index in [0.29, 0.717) is 0 Å². The molecule has 0 spiro atoms. The van der Waals surface area contributed by atoms with Crippen LogP contribution in [0.5, 0.6) is 0 Å². The van der Waals surface area contributed by atoms with Crippen LogP contribution in [-0.4, -0.2) is 31.1 Å². The Morgan fingerprint density at radius 1 is 1.22 bits per heavy atom. The Balaban J connectivity index is 0.00000120. The van der Waals surface area contributed by atoms with Gasteiger partial charge >= 0.3 is 0 Å². The molecule has 0 bridgehead atoms. The minimum Gasteiger partial charge on any atom is -0.316 e. The summed E-state index contributed by atoms with van der Waals surface area (Å²) in [5.74, 6) is 1.56. The molecule has 4 heteroatoms. The van der Waals surface area contributed by atoms with E-state index in [2.05, 4.69) is 10.2 Å². The number of nitrogens with zero attached hydrogens (tertiary/aromatic N) is 1. The van der Waals surface area contributed by atoms with Gasteiger partial charge in [-0.05, 0) is 44.0 Å². The third-order valence-electron chi connectivity index (χ3n) is 4.14. The first kappa shape index (κ1) is 13.8. The number of nitrogens with one attached hydrogen (secondary N) is 1. The van der Waals surface area contributed by atoms with Crippen molar-refractivity contribution in [2.24, 2.45) is 11.8 Å². The summed E-state index contributed by atoms with van der Waals surface area (Å²) in [5, 5.41) is 3.46. The predicted octanol–water partition coefficient (Wildman–Crippen LogP) is 2.29. The van der Waals surface area contributed by atoms with E-state index in [-0.39, 0.29) is 18.2 Å². The fraction of sp³-hybridized carbons (Fsp3) is 0.571. The van der Waals surface area contributed by atoms with E-state index in [0.717, 1.165) is 43.6 Å². The summed E-state index contributed by atoms with van der Waals surface area (Å²) >= 11 is 0. The van der Waals surface area contributed by atoms with Gasteiger partial charge in [0.1, 0.15) is 5.82 Å². The summed E-state index contributed by atoms with van der Waals surface area (Å²) in [6, 6.07) is 7.13. The second-order valence-electron chi connectivity index (χ2n) is 5.29. The van der Waals surface area contributed by atoms with Gasteiger partial charge < -0.3 is 5.32 Å². The summed E-state index contributed by atoms with van der Waals surface area (Å²) in [6.45, 7) is 5.30. The lowest BCUT2D eigenvalue weighted by Gasteiger charge is -2.34. The lowest BCUT2D eigenvalue weighted by atomic mass is 9.88. The van der Waals surface area contributed by atoms with Crippen molar-refractivity contribution in [2.45, 2.75) is 13.0 Å². The van der Waals surface area contributed by atoms with Crippen LogP contribution in [0, 0.1) is 17.7 Å². The summed E-state index contributed by atoms with van der Waals surface area (Å²) in [7, 11) is 0. The quantitative estimate of drug-likeness (QED) is 0.887. The second-order valence-corrected chi connectivity index (χ2v) is 5.29. The SMILES string of the molecule is Cl.Fc1ccccc1CN1CCC2CNCC2C1. The summed E-state index contributed by atoms with van der Waals surface area (Å²) in [4.78, 5) is 2.40. The molecule has 18 heavy (non-hydrogen) atoms. The van der Waals surface area contributed by atoms with Crippen LogP contribution in [-0.2, 0) is 6.54 Å². The molecule has 2 unspecified atom stereocenters.